The van der Waals surface area contributed by atoms with Gasteiger partial charge in [-0.2, -0.15) is 4.98 Å². The number of aryl methyl sites for hydroxylation is 1. The number of benzene rings is 2. The number of ether oxygens (including phenoxy) is 1. The molecule has 0 fully saturated rings. The van der Waals surface area contributed by atoms with Crippen LogP contribution < -0.4 is 4.74 Å². The predicted molar refractivity (Wildman–Crippen MR) is 93.3 cm³/mol. The minimum atomic E-state index is -0.276. The summed E-state index contributed by atoms with van der Waals surface area (Å²) < 4.78 is 19.2. The molecule has 0 spiro atoms. The zero-order valence-electron chi connectivity index (χ0n) is 13.3. The molecule has 5 heteroatoms. The largest absolute Gasteiger partial charge is 0.438 e. The molecule has 24 heavy (non-hydrogen) atoms. The number of fused-ring (bicyclic) bond motifs is 2. The maximum absolute atomic E-state index is 13.1. The van der Waals surface area contributed by atoms with Gasteiger partial charge in [0.2, 0.25) is 5.88 Å². The molecule has 1 aliphatic rings. The minimum Gasteiger partial charge on any atom is -0.438 e. The zero-order valence-corrected chi connectivity index (χ0v) is 14.2. The van der Waals surface area contributed by atoms with E-state index in [-0.39, 0.29) is 5.82 Å². The van der Waals surface area contributed by atoms with Crippen molar-refractivity contribution >= 4 is 11.8 Å². The Balaban J connectivity index is 1.82. The van der Waals surface area contributed by atoms with Crippen LogP contribution >= 0.6 is 11.8 Å². The summed E-state index contributed by atoms with van der Waals surface area (Å²) in [6, 6.07) is 12.3. The molecule has 0 amide bonds. The average molecular weight is 338 g/mol. The molecule has 0 saturated carbocycles. The van der Waals surface area contributed by atoms with Gasteiger partial charge in [0.1, 0.15) is 16.6 Å². The van der Waals surface area contributed by atoms with Crippen LogP contribution in [0.5, 0.6) is 11.6 Å². The fraction of sp³-hybridized carbons (Fsp3) is 0.158. The van der Waals surface area contributed by atoms with Gasteiger partial charge in [-0.25, -0.2) is 9.37 Å². The maximum atomic E-state index is 13.1. The number of hydrogen-bond acceptors (Lipinski definition) is 4. The topological polar surface area (TPSA) is 35.0 Å². The summed E-state index contributed by atoms with van der Waals surface area (Å²) in [5.74, 6) is 1.70. The molecule has 3 nitrogen and oxygen atoms in total. The van der Waals surface area contributed by atoms with Crippen molar-refractivity contribution < 1.29 is 9.13 Å². The fourth-order valence-electron chi connectivity index (χ4n) is 2.82. The van der Waals surface area contributed by atoms with Gasteiger partial charge in [0, 0.05) is 12.0 Å². The highest BCUT2D eigenvalue weighted by atomic mass is 32.2. The van der Waals surface area contributed by atoms with Crippen molar-refractivity contribution in [3.05, 3.63) is 65.0 Å². The first-order valence-electron chi connectivity index (χ1n) is 7.62. The summed E-state index contributed by atoms with van der Waals surface area (Å²) in [4.78, 5) is 9.22. The first-order chi connectivity index (χ1) is 11.6. The van der Waals surface area contributed by atoms with Crippen molar-refractivity contribution in [3.63, 3.8) is 0 Å². The number of rotatable bonds is 2. The van der Waals surface area contributed by atoms with E-state index in [0.29, 0.717) is 11.7 Å². The van der Waals surface area contributed by atoms with Gasteiger partial charge in [-0.1, -0.05) is 17.7 Å². The third-order valence-electron chi connectivity index (χ3n) is 4.02. The van der Waals surface area contributed by atoms with E-state index in [1.54, 1.807) is 23.9 Å². The molecule has 120 valence electrons. The van der Waals surface area contributed by atoms with E-state index in [4.69, 9.17) is 4.74 Å². The minimum absolute atomic E-state index is 0.276. The molecule has 2 aromatic carbocycles. The van der Waals surface area contributed by atoms with Crippen molar-refractivity contribution in [2.24, 2.45) is 0 Å². The normalized spacial score (nSPS) is 12.3. The molecule has 1 aromatic heterocycles. The van der Waals surface area contributed by atoms with E-state index in [2.05, 4.69) is 23.0 Å². The lowest BCUT2D eigenvalue weighted by atomic mass is 10.0. The van der Waals surface area contributed by atoms with E-state index < -0.39 is 0 Å². The molecule has 0 radical (unpaired) electrons. The van der Waals surface area contributed by atoms with Crippen LogP contribution in [0.25, 0.3) is 11.4 Å². The summed E-state index contributed by atoms with van der Waals surface area (Å²) >= 11 is 1.57. The van der Waals surface area contributed by atoms with Crippen molar-refractivity contribution in [2.45, 2.75) is 18.4 Å². The fourth-order valence-corrected chi connectivity index (χ4v) is 3.40. The van der Waals surface area contributed by atoms with E-state index in [1.807, 2.05) is 18.4 Å². The third-order valence-corrected chi connectivity index (χ3v) is 4.74. The molecule has 0 N–H and O–H groups in total. The lowest BCUT2D eigenvalue weighted by Gasteiger charge is -2.21. The average Bonchev–Trinajstić information content (AvgIpc) is 2.59. The molecular weight excluding hydrogens is 323 g/mol. The highest BCUT2D eigenvalue weighted by Crippen LogP contribution is 2.40. The number of thioether (sulfide) groups is 1. The van der Waals surface area contributed by atoms with Crippen molar-refractivity contribution in [1.82, 2.24) is 9.97 Å². The Labute approximate surface area is 143 Å². The van der Waals surface area contributed by atoms with Crippen LogP contribution in [0.3, 0.4) is 0 Å². The molecule has 0 unspecified atom stereocenters. The number of halogens is 1. The number of aromatic nitrogens is 2. The Hall–Kier alpha value is -2.40. The Morgan fingerprint density at radius 2 is 1.88 bits per heavy atom. The summed E-state index contributed by atoms with van der Waals surface area (Å²) in [5, 5.41) is 0.895. The molecule has 1 aliphatic heterocycles. The Morgan fingerprint density at radius 3 is 2.62 bits per heavy atom. The van der Waals surface area contributed by atoms with E-state index >= 15 is 0 Å². The summed E-state index contributed by atoms with van der Waals surface area (Å²) in [6.45, 7) is 2.07. The van der Waals surface area contributed by atoms with Crippen LogP contribution in [0.1, 0.15) is 16.7 Å². The van der Waals surface area contributed by atoms with Gasteiger partial charge in [0.15, 0.2) is 5.82 Å². The first-order valence-corrected chi connectivity index (χ1v) is 8.85. The molecule has 0 bridgehead atoms. The SMILES string of the molecule is CSc1nc(-c2ccc(F)cc2)nc2c1Cc1cc(C)ccc1O2. The summed E-state index contributed by atoms with van der Waals surface area (Å²) in [5.41, 5.74) is 4.13. The molecule has 0 saturated heterocycles. The van der Waals surface area contributed by atoms with E-state index in [9.17, 15) is 4.39 Å². The van der Waals surface area contributed by atoms with Gasteiger partial charge < -0.3 is 4.74 Å². The molecule has 0 aliphatic carbocycles. The second-order valence-electron chi connectivity index (χ2n) is 5.74. The van der Waals surface area contributed by atoms with Crippen LogP contribution in [-0.2, 0) is 6.42 Å². The van der Waals surface area contributed by atoms with Crippen LogP contribution in [0.15, 0.2) is 47.5 Å². The van der Waals surface area contributed by atoms with Gasteiger partial charge in [-0.3, -0.25) is 0 Å². The van der Waals surface area contributed by atoms with Gasteiger partial charge in [-0.05, 0) is 49.1 Å². The smallest absolute Gasteiger partial charge is 0.227 e. The molecular formula is C19H15FN2OS. The third kappa shape index (κ3) is 2.65. The van der Waals surface area contributed by atoms with E-state index in [0.717, 1.165) is 33.9 Å². The number of nitrogens with zero attached hydrogens (tertiary/aromatic N) is 2. The van der Waals surface area contributed by atoms with Crippen molar-refractivity contribution in [3.8, 4) is 23.0 Å². The van der Waals surface area contributed by atoms with Crippen LogP contribution in [0.4, 0.5) is 4.39 Å². The molecule has 3 aromatic rings. The van der Waals surface area contributed by atoms with Crippen molar-refractivity contribution in [2.75, 3.05) is 6.26 Å². The van der Waals surface area contributed by atoms with Gasteiger partial charge in [0.05, 0.1) is 5.56 Å². The number of hydrogen-bond donors (Lipinski definition) is 0. The summed E-state index contributed by atoms with van der Waals surface area (Å²) in [7, 11) is 0. The molecule has 4 rings (SSSR count). The van der Waals surface area contributed by atoms with Gasteiger partial charge >= 0.3 is 0 Å². The quantitative estimate of drug-likeness (QED) is 0.380. The molecule has 2 heterocycles. The lowest BCUT2D eigenvalue weighted by Crippen LogP contribution is -2.09. The maximum Gasteiger partial charge on any atom is 0.227 e. The Kier molecular flexibility index (Phi) is 3.73. The first kappa shape index (κ1) is 15.1. The second kappa shape index (κ2) is 5.91. The van der Waals surface area contributed by atoms with Crippen LogP contribution in [0.2, 0.25) is 0 Å². The van der Waals surface area contributed by atoms with Gasteiger partial charge in [0.25, 0.3) is 0 Å². The Morgan fingerprint density at radius 1 is 1.08 bits per heavy atom. The standard InChI is InChI=1S/C19H15FN2OS/c1-11-3-8-16-13(9-11)10-15-18(23-16)21-17(22-19(15)24-2)12-4-6-14(20)7-5-12/h3-9H,10H2,1-2H3. The van der Waals surface area contributed by atoms with Crippen LogP contribution in [-0.4, -0.2) is 16.2 Å². The highest BCUT2D eigenvalue weighted by molar-refractivity contribution is 7.98. The Bertz CT molecular complexity index is 925. The second-order valence-corrected chi connectivity index (χ2v) is 6.53. The molecule has 0 atom stereocenters. The lowest BCUT2D eigenvalue weighted by molar-refractivity contribution is 0.435. The zero-order chi connectivity index (χ0) is 16.7. The monoisotopic (exact) mass is 338 g/mol. The highest BCUT2D eigenvalue weighted by Gasteiger charge is 2.23. The van der Waals surface area contributed by atoms with Crippen molar-refractivity contribution in [1.29, 1.82) is 0 Å². The van der Waals surface area contributed by atoms with Gasteiger partial charge in [-0.15, -0.1) is 11.8 Å². The van der Waals surface area contributed by atoms with Crippen LogP contribution in [0, 0.1) is 12.7 Å². The summed E-state index contributed by atoms with van der Waals surface area (Å²) in [6.07, 6.45) is 2.75. The van der Waals surface area contributed by atoms with E-state index in [1.165, 1.54) is 17.7 Å². The predicted octanol–water partition coefficient (Wildman–Crippen LogP) is 5.01.